The van der Waals surface area contributed by atoms with Crippen LogP contribution in [-0.4, -0.2) is 50.7 Å². The smallest absolute Gasteiger partial charge is 0.311 e. The molecule has 0 bridgehead atoms. The fourth-order valence-corrected chi connectivity index (χ4v) is 9.93. The first-order chi connectivity index (χ1) is 26.6. The van der Waals surface area contributed by atoms with Crippen molar-refractivity contribution in [3.63, 3.8) is 0 Å². The number of hydrogen-bond donors (Lipinski definition) is 0. The maximum atomic E-state index is 13.3. The number of allylic oxidation sites excluding steroid dienone is 8. The summed E-state index contributed by atoms with van der Waals surface area (Å²) >= 11 is 7.48. The molecule has 1 unspecified atom stereocenters. The Kier molecular flexibility index (Phi) is 10.3. The van der Waals surface area contributed by atoms with Crippen molar-refractivity contribution >= 4 is 56.2 Å². The van der Waals surface area contributed by atoms with Crippen LogP contribution in [0.5, 0.6) is 11.5 Å². The van der Waals surface area contributed by atoms with Crippen LogP contribution in [0.4, 0.5) is 11.4 Å². The monoisotopic (exact) mass is 771 g/mol. The van der Waals surface area contributed by atoms with E-state index in [9.17, 15) is 4.79 Å². The van der Waals surface area contributed by atoms with Gasteiger partial charge in [0.15, 0.2) is 5.71 Å². The van der Waals surface area contributed by atoms with Gasteiger partial charge in [-0.3, -0.25) is 4.79 Å². The van der Waals surface area contributed by atoms with E-state index < -0.39 is 5.41 Å². The van der Waals surface area contributed by atoms with Gasteiger partial charge in [0.25, 0.3) is 0 Å². The zero-order valence-electron chi connectivity index (χ0n) is 34.9. The number of methoxy groups -OCH3 is 3. The minimum atomic E-state index is -0.721. The van der Waals surface area contributed by atoms with E-state index in [1.165, 1.54) is 51.8 Å². The van der Waals surface area contributed by atoms with Crippen LogP contribution in [0.25, 0.3) is 21.5 Å². The van der Waals surface area contributed by atoms with Gasteiger partial charge in [-0.2, -0.15) is 4.58 Å². The lowest BCUT2D eigenvalue weighted by Crippen LogP contribution is -2.36. The summed E-state index contributed by atoms with van der Waals surface area (Å²) in [5, 5.41) is 5.54. The molecule has 0 saturated heterocycles. The SMILES string of the molecule is CCN1C(=CC=C2CC(C(C)(C)C(=O)OC)CC(C=CC3=[N+](CC)c4ccc5cc(OC)ccc5c4C3(C)C)=C2Cl)C(C)(C)c2c1ccc1cc(OC)ccc21. The first-order valence-corrected chi connectivity index (χ1v) is 20.2. The number of carbonyl (C=O) groups excluding carboxylic acids is 1. The molecule has 1 atom stereocenters. The molecule has 0 aromatic heterocycles. The number of fused-ring (bicyclic) bond motifs is 6. The average molecular weight is 772 g/mol. The average Bonchev–Trinajstić information content (AvgIpc) is 3.56. The van der Waals surface area contributed by atoms with Crippen LogP contribution in [0.15, 0.2) is 107 Å². The van der Waals surface area contributed by atoms with E-state index in [2.05, 4.69) is 124 Å². The summed E-state index contributed by atoms with van der Waals surface area (Å²) in [4.78, 5) is 15.7. The third-order valence-corrected chi connectivity index (χ3v) is 13.3. The highest BCUT2D eigenvalue weighted by molar-refractivity contribution is 6.32. The number of rotatable bonds is 9. The van der Waals surface area contributed by atoms with Crippen molar-refractivity contribution in [2.75, 3.05) is 39.3 Å². The maximum Gasteiger partial charge on any atom is 0.311 e. The number of benzene rings is 4. The molecule has 0 radical (unpaired) electrons. The lowest BCUT2D eigenvalue weighted by molar-refractivity contribution is -0.433. The summed E-state index contributed by atoms with van der Waals surface area (Å²) in [6.07, 6.45) is 10.2. The number of anilines is 1. The Labute approximate surface area is 337 Å². The summed E-state index contributed by atoms with van der Waals surface area (Å²) in [7, 11) is 4.90. The van der Waals surface area contributed by atoms with Gasteiger partial charge in [0.1, 0.15) is 18.0 Å². The molecule has 56 heavy (non-hydrogen) atoms. The van der Waals surface area contributed by atoms with Crippen molar-refractivity contribution in [1.29, 1.82) is 0 Å². The molecule has 4 aromatic rings. The fraction of sp³-hybridized carbons (Fsp3) is 0.388. The van der Waals surface area contributed by atoms with Crippen LogP contribution in [0.1, 0.15) is 79.4 Å². The largest absolute Gasteiger partial charge is 0.497 e. The van der Waals surface area contributed by atoms with Crippen LogP contribution >= 0.6 is 11.6 Å². The van der Waals surface area contributed by atoms with Gasteiger partial charge in [0.2, 0.25) is 5.69 Å². The molecule has 7 rings (SSSR count). The Bertz CT molecular complexity index is 2430. The van der Waals surface area contributed by atoms with Gasteiger partial charge < -0.3 is 19.1 Å². The molecule has 292 valence electrons. The standard InChI is InChI=1S/C49H56ClN2O4/c1-12-51-39-22-14-30-28-35(54-9)18-20-37(30)43(39)48(5,6)41(51)24-16-32-26-34(47(3,4)46(53)56-11)27-33(45(32)50)17-25-42-49(7,8)44-38-21-19-36(55-10)29-31(38)15-23-40(44)52(42)13-2/h14-25,28-29,34H,12-13,26-27H2,1-11H3/q+1. The van der Waals surface area contributed by atoms with Crippen LogP contribution in [0.2, 0.25) is 0 Å². The molecule has 6 nitrogen and oxygen atoms in total. The topological polar surface area (TPSA) is 51.0 Å². The third-order valence-electron chi connectivity index (χ3n) is 12.8. The molecule has 0 amide bonds. The molecular formula is C49H56ClN2O4+. The Hall–Kier alpha value is -4.81. The third kappa shape index (κ3) is 6.25. The minimum Gasteiger partial charge on any atom is -0.497 e. The van der Waals surface area contributed by atoms with E-state index in [1.807, 2.05) is 26.0 Å². The zero-order valence-corrected chi connectivity index (χ0v) is 35.6. The Morgan fingerprint density at radius 2 is 1.46 bits per heavy atom. The normalized spacial score (nSPS) is 20.5. The van der Waals surface area contributed by atoms with Gasteiger partial charge in [-0.25, -0.2) is 0 Å². The Morgan fingerprint density at radius 3 is 2.05 bits per heavy atom. The molecule has 0 N–H and O–H groups in total. The van der Waals surface area contributed by atoms with Crippen LogP contribution < -0.4 is 14.4 Å². The predicted octanol–water partition coefficient (Wildman–Crippen LogP) is 11.7. The summed E-state index contributed by atoms with van der Waals surface area (Å²) < 4.78 is 18.9. The summed E-state index contributed by atoms with van der Waals surface area (Å²) in [6.45, 7) is 19.3. The number of hydrogen-bond acceptors (Lipinski definition) is 5. The van der Waals surface area contributed by atoms with Crippen molar-refractivity contribution in [3.05, 3.63) is 118 Å². The summed E-state index contributed by atoms with van der Waals surface area (Å²) in [5.74, 6) is 1.48. The second-order valence-electron chi connectivity index (χ2n) is 17.0. The van der Waals surface area contributed by atoms with Crippen LogP contribution in [0, 0.1) is 11.3 Å². The highest BCUT2D eigenvalue weighted by Gasteiger charge is 2.46. The van der Waals surface area contributed by atoms with Crippen molar-refractivity contribution in [2.24, 2.45) is 11.3 Å². The highest BCUT2D eigenvalue weighted by atomic mass is 35.5. The van der Waals surface area contributed by atoms with E-state index in [-0.39, 0.29) is 22.7 Å². The predicted molar refractivity (Wildman–Crippen MR) is 232 cm³/mol. The highest BCUT2D eigenvalue weighted by Crippen LogP contribution is 2.52. The van der Waals surface area contributed by atoms with Gasteiger partial charge in [-0.1, -0.05) is 55.8 Å². The quantitative estimate of drug-likeness (QED) is 0.125. The molecule has 2 aliphatic heterocycles. The molecule has 0 saturated carbocycles. The fourth-order valence-electron chi connectivity index (χ4n) is 9.65. The number of halogens is 1. The molecule has 7 heteroatoms. The summed E-state index contributed by atoms with van der Waals surface area (Å²) in [5.41, 5.74) is 8.29. The molecule has 2 heterocycles. The second kappa shape index (κ2) is 14.6. The first kappa shape index (κ1) is 39.4. The van der Waals surface area contributed by atoms with Gasteiger partial charge in [0.05, 0.1) is 32.2 Å². The van der Waals surface area contributed by atoms with E-state index in [1.54, 1.807) is 14.2 Å². The summed E-state index contributed by atoms with van der Waals surface area (Å²) in [6, 6.07) is 21.5. The van der Waals surface area contributed by atoms with Crippen molar-refractivity contribution in [3.8, 4) is 11.5 Å². The second-order valence-corrected chi connectivity index (χ2v) is 17.3. The number of ether oxygens (including phenoxy) is 3. The van der Waals surface area contributed by atoms with Crippen LogP contribution in [0.3, 0.4) is 0 Å². The van der Waals surface area contributed by atoms with E-state index in [4.69, 9.17) is 25.8 Å². The van der Waals surface area contributed by atoms with Gasteiger partial charge >= 0.3 is 5.97 Å². The lowest BCUT2D eigenvalue weighted by atomic mass is 9.69. The number of carbonyl (C=O) groups is 1. The molecule has 1 aliphatic carbocycles. The van der Waals surface area contributed by atoms with E-state index in [0.717, 1.165) is 51.5 Å². The molecule has 4 aromatic carbocycles. The molecular weight excluding hydrogens is 716 g/mol. The maximum absolute atomic E-state index is 13.3. The molecule has 3 aliphatic rings. The Balaban J connectivity index is 1.32. The van der Waals surface area contributed by atoms with Gasteiger partial charge in [-0.15, -0.1) is 0 Å². The molecule has 0 fully saturated rings. The number of nitrogens with zero attached hydrogens (tertiary/aromatic N) is 2. The van der Waals surface area contributed by atoms with E-state index in [0.29, 0.717) is 12.8 Å². The molecule has 0 spiro atoms. The van der Waals surface area contributed by atoms with Crippen LogP contribution in [-0.2, 0) is 20.4 Å². The number of likely N-dealkylation sites (N-methyl/N-ethyl adjacent to an activating group) is 1. The van der Waals surface area contributed by atoms with Crippen molar-refractivity contribution in [2.45, 2.75) is 79.1 Å². The Morgan fingerprint density at radius 1 is 0.839 bits per heavy atom. The van der Waals surface area contributed by atoms with Crippen molar-refractivity contribution < 1.29 is 23.6 Å². The van der Waals surface area contributed by atoms with Crippen molar-refractivity contribution in [1.82, 2.24) is 0 Å². The minimum absolute atomic E-state index is 0.0169. The number of esters is 1. The zero-order chi connectivity index (χ0) is 40.3. The van der Waals surface area contributed by atoms with Gasteiger partial charge in [-0.05, 0) is 141 Å². The van der Waals surface area contributed by atoms with E-state index >= 15 is 0 Å². The first-order valence-electron chi connectivity index (χ1n) is 19.9. The lowest BCUT2D eigenvalue weighted by Gasteiger charge is -2.36. The van der Waals surface area contributed by atoms with Gasteiger partial charge in [0, 0.05) is 46.1 Å².